The predicted molar refractivity (Wildman–Crippen MR) is 95.6 cm³/mol. The van der Waals surface area contributed by atoms with Crippen LogP contribution in [0.2, 0.25) is 0 Å². The highest BCUT2D eigenvalue weighted by atomic mass is 32.2. The Kier molecular flexibility index (Phi) is 5.15. The van der Waals surface area contributed by atoms with Gasteiger partial charge in [0.2, 0.25) is 5.79 Å². The summed E-state index contributed by atoms with van der Waals surface area (Å²) in [6, 6.07) is 0. The summed E-state index contributed by atoms with van der Waals surface area (Å²) in [7, 11) is 0. The average Bonchev–Trinajstić information content (AvgIpc) is 2.82. The van der Waals surface area contributed by atoms with Crippen molar-refractivity contribution < 1.29 is 24.4 Å². The van der Waals surface area contributed by atoms with E-state index < -0.39 is 11.4 Å². The minimum Gasteiger partial charge on any atom is -0.396 e. The summed E-state index contributed by atoms with van der Waals surface area (Å²) in [6.45, 7) is 6.88. The molecule has 0 unspecified atom stereocenters. The van der Waals surface area contributed by atoms with Crippen LogP contribution in [0.3, 0.4) is 0 Å². The molecule has 144 valence electrons. The molecule has 6 heteroatoms. The first-order valence-corrected chi connectivity index (χ1v) is 11.0. The van der Waals surface area contributed by atoms with Crippen molar-refractivity contribution in [3.05, 3.63) is 0 Å². The Labute approximate surface area is 155 Å². The summed E-state index contributed by atoms with van der Waals surface area (Å²) in [5.74, 6) is 2.17. The van der Waals surface area contributed by atoms with Gasteiger partial charge in [0.05, 0.1) is 0 Å². The molecule has 25 heavy (non-hydrogen) atoms. The zero-order valence-corrected chi connectivity index (χ0v) is 16.4. The SMILES string of the molecule is C[C@H]1[C@H](SCCCCO)O[C@@H]2O[C@]3(C)CC[C@H]4[C@H](C)CC[C@@H]1[C@@]24OO3. The fourth-order valence-electron chi connectivity index (χ4n) is 5.48. The third kappa shape index (κ3) is 2.97. The van der Waals surface area contributed by atoms with Crippen molar-refractivity contribution in [1.82, 2.24) is 0 Å². The zero-order valence-electron chi connectivity index (χ0n) is 15.6. The molecule has 4 aliphatic heterocycles. The van der Waals surface area contributed by atoms with Gasteiger partial charge in [-0.05, 0) is 62.5 Å². The van der Waals surface area contributed by atoms with E-state index in [0.29, 0.717) is 23.7 Å². The number of rotatable bonds is 5. The van der Waals surface area contributed by atoms with Crippen LogP contribution in [0, 0.1) is 23.7 Å². The number of aliphatic hydroxyl groups is 1. The van der Waals surface area contributed by atoms with Gasteiger partial charge in [-0.3, -0.25) is 0 Å². The van der Waals surface area contributed by atoms with Gasteiger partial charge in [-0.2, -0.15) is 0 Å². The molecular weight excluding hydrogens is 340 g/mol. The number of unbranched alkanes of at least 4 members (excludes halogenated alkanes) is 1. The lowest BCUT2D eigenvalue weighted by Crippen LogP contribution is -2.70. The second kappa shape index (κ2) is 6.95. The average molecular weight is 373 g/mol. The number of aliphatic hydroxyl groups excluding tert-OH is 1. The molecule has 4 heterocycles. The second-order valence-corrected chi connectivity index (χ2v) is 9.78. The highest BCUT2D eigenvalue weighted by molar-refractivity contribution is 7.99. The molecule has 0 aromatic heterocycles. The van der Waals surface area contributed by atoms with Crippen LogP contribution in [0.5, 0.6) is 0 Å². The number of thioether (sulfide) groups is 1. The van der Waals surface area contributed by atoms with Crippen molar-refractivity contribution in [2.24, 2.45) is 23.7 Å². The van der Waals surface area contributed by atoms with E-state index in [4.69, 9.17) is 24.4 Å². The predicted octanol–water partition coefficient (Wildman–Crippen LogP) is 3.70. The molecule has 5 fully saturated rings. The van der Waals surface area contributed by atoms with Crippen LogP contribution in [0.25, 0.3) is 0 Å². The fraction of sp³-hybridized carbons (Fsp3) is 1.00. The van der Waals surface area contributed by atoms with Crippen LogP contribution < -0.4 is 0 Å². The highest BCUT2D eigenvalue weighted by Crippen LogP contribution is 2.61. The summed E-state index contributed by atoms with van der Waals surface area (Å²) in [5.41, 5.74) is -0.324. The molecular formula is C19H32O5S. The van der Waals surface area contributed by atoms with Crippen molar-refractivity contribution in [2.75, 3.05) is 12.4 Å². The molecule has 1 spiro atoms. The summed E-state index contributed by atoms with van der Waals surface area (Å²) in [4.78, 5) is 12.0. The minimum atomic E-state index is -0.690. The van der Waals surface area contributed by atoms with Crippen LogP contribution in [0.4, 0.5) is 0 Å². The lowest BCUT2D eigenvalue weighted by Gasteiger charge is -2.60. The van der Waals surface area contributed by atoms with Gasteiger partial charge in [-0.15, -0.1) is 11.8 Å². The molecule has 5 rings (SSSR count). The van der Waals surface area contributed by atoms with Crippen LogP contribution in [-0.4, -0.2) is 40.6 Å². The largest absolute Gasteiger partial charge is 0.396 e. The third-order valence-electron chi connectivity index (χ3n) is 6.93. The molecule has 4 saturated heterocycles. The maximum absolute atomic E-state index is 8.99. The Bertz CT molecular complexity index is 490. The summed E-state index contributed by atoms with van der Waals surface area (Å²) < 4.78 is 12.9. The van der Waals surface area contributed by atoms with Crippen LogP contribution in [0.15, 0.2) is 0 Å². The van der Waals surface area contributed by atoms with Gasteiger partial charge in [0.15, 0.2) is 11.9 Å². The van der Waals surface area contributed by atoms with Gasteiger partial charge in [0, 0.05) is 18.9 Å². The molecule has 0 aromatic carbocycles. The van der Waals surface area contributed by atoms with Gasteiger partial charge in [-0.1, -0.05) is 13.8 Å². The Hall–Kier alpha value is 0.150. The van der Waals surface area contributed by atoms with E-state index in [1.54, 1.807) is 0 Å². The lowest BCUT2D eigenvalue weighted by atomic mass is 9.58. The molecule has 5 nitrogen and oxygen atoms in total. The zero-order chi connectivity index (χ0) is 17.7. The smallest absolute Gasteiger partial charge is 0.201 e. The van der Waals surface area contributed by atoms with Crippen molar-refractivity contribution in [1.29, 1.82) is 0 Å². The van der Waals surface area contributed by atoms with Crippen molar-refractivity contribution >= 4 is 11.8 Å². The molecule has 5 aliphatic rings. The molecule has 8 atom stereocenters. The van der Waals surface area contributed by atoms with Crippen LogP contribution in [-0.2, 0) is 19.2 Å². The molecule has 1 N–H and O–H groups in total. The van der Waals surface area contributed by atoms with E-state index >= 15 is 0 Å². The summed E-state index contributed by atoms with van der Waals surface area (Å²) in [6.07, 6.45) is 5.88. The Morgan fingerprint density at radius 1 is 1.08 bits per heavy atom. The van der Waals surface area contributed by atoms with Crippen molar-refractivity contribution in [3.63, 3.8) is 0 Å². The number of fused-ring (bicyclic) bond motifs is 2. The first-order valence-electron chi connectivity index (χ1n) is 9.93. The van der Waals surface area contributed by atoms with E-state index in [1.807, 2.05) is 18.7 Å². The first-order chi connectivity index (χ1) is 12.0. The van der Waals surface area contributed by atoms with E-state index in [9.17, 15) is 0 Å². The number of ether oxygens (including phenoxy) is 2. The second-order valence-electron chi connectivity index (χ2n) is 8.58. The molecule has 1 aliphatic carbocycles. The molecule has 0 aromatic rings. The monoisotopic (exact) mass is 372 g/mol. The van der Waals surface area contributed by atoms with Crippen LogP contribution in [0.1, 0.15) is 59.3 Å². The van der Waals surface area contributed by atoms with Gasteiger partial charge < -0.3 is 14.6 Å². The van der Waals surface area contributed by atoms with E-state index in [0.717, 1.165) is 37.9 Å². The van der Waals surface area contributed by atoms with Crippen molar-refractivity contribution in [3.8, 4) is 0 Å². The van der Waals surface area contributed by atoms with Gasteiger partial charge >= 0.3 is 0 Å². The van der Waals surface area contributed by atoms with Gasteiger partial charge in [-0.25, -0.2) is 9.78 Å². The van der Waals surface area contributed by atoms with E-state index in [-0.39, 0.29) is 18.3 Å². The minimum absolute atomic E-state index is 0.125. The lowest BCUT2D eigenvalue weighted by molar-refractivity contribution is -0.568. The highest BCUT2D eigenvalue weighted by Gasteiger charge is 2.69. The molecule has 2 bridgehead atoms. The van der Waals surface area contributed by atoms with E-state index in [2.05, 4.69) is 13.8 Å². The van der Waals surface area contributed by atoms with Gasteiger partial charge in [0.25, 0.3) is 0 Å². The quantitative estimate of drug-likeness (QED) is 0.587. The number of hydrogen-bond acceptors (Lipinski definition) is 6. The third-order valence-corrected chi connectivity index (χ3v) is 8.33. The summed E-state index contributed by atoms with van der Waals surface area (Å²) in [5, 5.41) is 8.99. The molecule has 0 radical (unpaired) electrons. The maximum Gasteiger partial charge on any atom is 0.201 e. The molecule has 1 saturated carbocycles. The van der Waals surface area contributed by atoms with E-state index in [1.165, 1.54) is 6.42 Å². The Balaban J connectivity index is 1.58. The van der Waals surface area contributed by atoms with Crippen LogP contribution >= 0.6 is 11.8 Å². The van der Waals surface area contributed by atoms with Crippen molar-refractivity contribution in [2.45, 2.75) is 82.4 Å². The normalized spacial score (nSPS) is 51.8. The Morgan fingerprint density at radius 3 is 2.72 bits per heavy atom. The summed E-state index contributed by atoms with van der Waals surface area (Å²) >= 11 is 1.87. The standard InChI is InChI=1S/C19H32O5S/c1-12-6-7-15-13(2)16(25-11-5-4-10-20)21-17-19(15)14(12)8-9-18(3,22-17)23-24-19/h12-17,20H,4-11H2,1-3H3/t12-,13-,14+,15+,16+,17-,18+,19-/m1/s1. The topological polar surface area (TPSA) is 57.2 Å². The first kappa shape index (κ1) is 18.5. The Morgan fingerprint density at radius 2 is 1.92 bits per heavy atom. The maximum atomic E-state index is 8.99. The number of hydrogen-bond donors (Lipinski definition) is 1. The fourth-order valence-corrected chi connectivity index (χ4v) is 6.75. The van der Waals surface area contributed by atoms with Gasteiger partial charge in [0.1, 0.15) is 5.44 Å². The molecule has 0 amide bonds.